The molecule has 2 rings (SSSR count). The van der Waals surface area contributed by atoms with E-state index in [1.165, 1.54) is 4.88 Å². The Morgan fingerprint density at radius 2 is 2.19 bits per heavy atom. The van der Waals surface area contributed by atoms with Gasteiger partial charge in [-0.1, -0.05) is 18.5 Å². The summed E-state index contributed by atoms with van der Waals surface area (Å²) in [6.07, 6.45) is 2.68. The SMILES string of the molecule is CCNC(Cc1ncc(C)c(OC)c1C)c1sccc1Cl. The zero-order valence-electron chi connectivity index (χ0n) is 12.9. The Kier molecular flexibility index (Phi) is 5.62. The lowest BCUT2D eigenvalue weighted by molar-refractivity contribution is 0.406. The van der Waals surface area contributed by atoms with Crippen LogP contribution in [0.15, 0.2) is 17.6 Å². The summed E-state index contributed by atoms with van der Waals surface area (Å²) in [7, 11) is 1.71. The van der Waals surface area contributed by atoms with Crippen molar-refractivity contribution in [2.45, 2.75) is 33.2 Å². The highest BCUT2D eigenvalue weighted by molar-refractivity contribution is 7.10. The first-order chi connectivity index (χ1) is 10.1. The molecule has 5 heteroatoms. The topological polar surface area (TPSA) is 34.2 Å². The van der Waals surface area contributed by atoms with Gasteiger partial charge in [-0.15, -0.1) is 11.3 Å². The van der Waals surface area contributed by atoms with Crippen molar-refractivity contribution >= 4 is 22.9 Å². The Morgan fingerprint density at radius 3 is 2.76 bits per heavy atom. The van der Waals surface area contributed by atoms with Gasteiger partial charge in [-0.2, -0.15) is 0 Å². The van der Waals surface area contributed by atoms with Crippen molar-refractivity contribution in [1.82, 2.24) is 10.3 Å². The smallest absolute Gasteiger partial charge is 0.128 e. The average molecular weight is 325 g/mol. The number of likely N-dealkylation sites (N-methyl/N-ethyl adjacent to an activating group) is 1. The van der Waals surface area contributed by atoms with E-state index >= 15 is 0 Å². The first kappa shape index (κ1) is 16.3. The molecule has 0 saturated carbocycles. The van der Waals surface area contributed by atoms with E-state index in [1.807, 2.05) is 24.6 Å². The maximum absolute atomic E-state index is 6.29. The minimum absolute atomic E-state index is 0.182. The molecular weight excluding hydrogens is 304 g/mol. The highest BCUT2D eigenvalue weighted by Gasteiger charge is 2.19. The van der Waals surface area contributed by atoms with Gasteiger partial charge in [0.1, 0.15) is 5.75 Å². The van der Waals surface area contributed by atoms with Gasteiger partial charge in [0.15, 0.2) is 0 Å². The molecule has 0 aliphatic rings. The third kappa shape index (κ3) is 3.57. The molecule has 0 aliphatic heterocycles. The molecule has 0 aliphatic carbocycles. The summed E-state index contributed by atoms with van der Waals surface area (Å²) in [5.41, 5.74) is 3.22. The average Bonchev–Trinajstić information content (AvgIpc) is 2.88. The highest BCUT2D eigenvalue weighted by atomic mass is 35.5. The summed E-state index contributed by atoms with van der Waals surface area (Å²) in [5, 5.41) is 6.35. The summed E-state index contributed by atoms with van der Waals surface area (Å²) in [5.74, 6) is 0.924. The van der Waals surface area contributed by atoms with Crippen LogP contribution >= 0.6 is 22.9 Å². The van der Waals surface area contributed by atoms with Crippen LogP contribution in [0.2, 0.25) is 5.02 Å². The molecule has 21 heavy (non-hydrogen) atoms. The van der Waals surface area contributed by atoms with Gasteiger partial charge < -0.3 is 10.1 Å². The lowest BCUT2D eigenvalue weighted by Gasteiger charge is -2.19. The molecule has 1 atom stereocenters. The molecule has 2 aromatic rings. The maximum Gasteiger partial charge on any atom is 0.128 e. The third-order valence-corrected chi connectivity index (χ3v) is 5.03. The molecule has 0 aromatic carbocycles. The lowest BCUT2D eigenvalue weighted by atomic mass is 10.0. The minimum Gasteiger partial charge on any atom is -0.496 e. The molecule has 1 unspecified atom stereocenters. The number of hydrogen-bond donors (Lipinski definition) is 1. The number of aryl methyl sites for hydroxylation is 1. The van der Waals surface area contributed by atoms with E-state index < -0.39 is 0 Å². The Balaban J connectivity index is 2.32. The predicted molar refractivity (Wildman–Crippen MR) is 89.7 cm³/mol. The zero-order valence-corrected chi connectivity index (χ0v) is 14.4. The van der Waals surface area contributed by atoms with Crippen molar-refractivity contribution in [3.05, 3.63) is 44.4 Å². The quantitative estimate of drug-likeness (QED) is 0.859. The Hall–Kier alpha value is -1.10. The second-order valence-electron chi connectivity index (χ2n) is 4.99. The van der Waals surface area contributed by atoms with Gasteiger partial charge in [0.05, 0.1) is 12.1 Å². The van der Waals surface area contributed by atoms with E-state index in [0.717, 1.165) is 40.6 Å². The Labute approximate surface area is 135 Å². The van der Waals surface area contributed by atoms with Crippen LogP contribution in [0.1, 0.15) is 34.7 Å². The van der Waals surface area contributed by atoms with E-state index in [4.69, 9.17) is 16.3 Å². The number of aromatic nitrogens is 1. The van der Waals surface area contributed by atoms with Crippen LogP contribution in [0.25, 0.3) is 0 Å². The fraction of sp³-hybridized carbons (Fsp3) is 0.438. The van der Waals surface area contributed by atoms with Crippen LogP contribution < -0.4 is 10.1 Å². The normalized spacial score (nSPS) is 12.4. The van der Waals surface area contributed by atoms with Gasteiger partial charge in [-0.3, -0.25) is 4.98 Å². The van der Waals surface area contributed by atoms with Gasteiger partial charge >= 0.3 is 0 Å². The summed E-state index contributed by atoms with van der Waals surface area (Å²) in [6, 6.07) is 2.13. The summed E-state index contributed by atoms with van der Waals surface area (Å²) >= 11 is 7.97. The number of pyridine rings is 1. The fourth-order valence-electron chi connectivity index (χ4n) is 2.53. The first-order valence-electron chi connectivity index (χ1n) is 7.03. The highest BCUT2D eigenvalue weighted by Crippen LogP contribution is 2.32. The van der Waals surface area contributed by atoms with Crippen LogP contribution in [0, 0.1) is 13.8 Å². The molecule has 114 valence electrons. The van der Waals surface area contributed by atoms with E-state index in [0.29, 0.717) is 0 Å². The molecule has 0 fully saturated rings. The molecule has 3 nitrogen and oxygen atoms in total. The molecule has 0 radical (unpaired) electrons. The fourth-order valence-corrected chi connectivity index (χ4v) is 3.79. The van der Waals surface area contributed by atoms with E-state index in [9.17, 15) is 0 Å². The Morgan fingerprint density at radius 1 is 1.43 bits per heavy atom. The number of ether oxygens (including phenoxy) is 1. The molecule has 0 spiro atoms. The minimum atomic E-state index is 0.182. The summed E-state index contributed by atoms with van der Waals surface area (Å²) in [4.78, 5) is 5.76. The van der Waals surface area contributed by atoms with Crippen LogP contribution in [-0.2, 0) is 6.42 Å². The van der Waals surface area contributed by atoms with Crippen molar-refractivity contribution in [1.29, 1.82) is 0 Å². The number of halogens is 1. The largest absolute Gasteiger partial charge is 0.496 e. The van der Waals surface area contributed by atoms with Gasteiger partial charge in [-0.05, 0) is 31.8 Å². The molecule has 0 saturated heterocycles. The number of hydrogen-bond acceptors (Lipinski definition) is 4. The van der Waals surface area contributed by atoms with Gasteiger partial charge in [0.25, 0.3) is 0 Å². The molecule has 0 amide bonds. The second-order valence-corrected chi connectivity index (χ2v) is 6.35. The molecule has 2 aromatic heterocycles. The van der Waals surface area contributed by atoms with Crippen molar-refractivity contribution in [2.75, 3.05) is 13.7 Å². The molecular formula is C16H21ClN2OS. The number of thiophene rings is 1. The van der Waals surface area contributed by atoms with Crippen LogP contribution in [0.5, 0.6) is 5.75 Å². The van der Waals surface area contributed by atoms with E-state index in [1.54, 1.807) is 18.4 Å². The van der Waals surface area contributed by atoms with Crippen molar-refractivity contribution in [3.63, 3.8) is 0 Å². The predicted octanol–water partition coefficient (Wildman–Crippen LogP) is 4.32. The molecule has 1 N–H and O–H groups in total. The van der Waals surface area contributed by atoms with Crippen molar-refractivity contribution in [3.8, 4) is 5.75 Å². The van der Waals surface area contributed by atoms with Crippen LogP contribution in [-0.4, -0.2) is 18.6 Å². The van der Waals surface area contributed by atoms with Crippen molar-refractivity contribution in [2.24, 2.45) is 0 Å². The van der Waals surface area contributed by atoms with Crippen LogP contribution in [0.3, 0.4) is 0 Å². The standard InChI is InChI=1S/C16H21ClN2OS/c1-5-18-14(16-12(17)6-7-21-16)8-13-11(3)15(20-4)10(2)9-19-13/h6-7,9,14,18H,5,8H2,1-4H3. The summed E-state index contributed by atoms with van der Waals surface area (Å²) in [6.45, 7) is 7.07. The maximum atomic E-state index is 6.29. The summed E-state index contributed by atoms with van der Waals surface area (Å²) < 4.78 is 5.49. The second kappa shape index (κ2) is 7.25. The zero-order chi connectivity index (χ0) is 15.4. The third-order valence-electron chi connectivity index (χ3n) is 3.56. The van der Waals surface area contributed by atoms with E-state index in [-0.39, 0.29) is 6.04 Å². The van der Waals surface area contributed by atoms with Gasteiger partial charge in [-0.25, -0.2) is 0 Å². The number of nitrogens with zero attached hydrogens (tertiary/aromatic N) is 1. The Bertz CT molecular complexity index is 612. The van der Waals surface area contributed by atoms with Crippen LogP contribution in [0.4, 0.5) is 0 Å². The first-order valence-corrected chi connectivity index (χ1v) is 8.29. The molecule has 2 heterocycles. The lowest BCUT2D eigenvalue weighted by Crippen LogP contribution is -2.23. The van der Waals surface area contributed by atoms with Gasteiger partial charge in [0, 0.05) is 40.4 Å². The van der Waals surface area contributed by atoms with Gasteiger partial charge in [0.2, 0.25) is 0 Å². The number of rotatable bonds is 6. The van der Waals surface area contributed by atoms with E-state index in [2.05, 4.69) is 24.1 Å². The number of nitrogens with one attached hydrogen (secondary N) is 1. The number of methoxy groups -OCH3 is 1. The molecule has 0 bridgehead atoms. The monoisotopic (exact) mass is 324 g/mol. The van der Waals surface area contributed by atoms with Crippen molar-refractivity contribution < 1.29 is 4.74 Å².